The molecule has 0 aliphatic heterocycles. The van der Waals surface area contributed by atoms with E-state index < -0.39 is 0 Å². The van der Waals surface area contributed by atoms with Crippen LogP contribution in [0.15, 0.2) is 30.4 Å². The topological polar surface area (TPSA) is 55.1 Å². The Balaban J connectivity index is 1.91. The summed E-state index contributed by atoms with van der Waals surface area (Å²) in [5.74, 6) is -0.0509. The number of hydrogen-bond donors (Lipinski definition) is 2. The zero-order valence-electron chi connectivity index (χ0n) is 10.8. The number of nitrogens with one attached hydrogen (secondary N) is 1. The van der Waals surface area contributed by atoms with E-state index in [0.717, 1.165) is 22.9 Å². The molecule has 1 amide bonds. The van der Waals surface area contributed by atoms with Crippen LogP contribution in [-0.4, -0.2) is 11.9 Å². The normalized spacial score (nSPS) is 15.2. The van der Waals surface area contributed by atoms with Crippen LogP contribution in [0.1, 0.15) is 28.1 Å². The van der Waals surface area contributed by atoms with Crippen LogP contribution in [0.5, 0.6) is 0 Å². The van der Waals surface area contributed by atoms with Crippen LogP contribution in [0, 0.1) is 6.92 Å². The van der Waals surface area contributed by atoms with Gasteiger partial charge in [0, 0.05) is 16.1 Å². The first-order chi connectivity index (χ1) is 9.15. The Labute approximate surface area is 116 Å². The lowest BCUT2D eigenvalue weighted by Crippen LogP contribution is -2.32. The van der Waals surface area contributed by atoms with Crippen molar-refractivity contribution >= 4 is 33.0 Å². The van der Waals surface area contributed by atoms with Crippen molar-refractivity contribution < 1.29 is 4.79 Å². The zero-order valence-corrected chi connectivity index (χ0v) is 11.6. The minimum atomic E-state index is -0.0509. The van der Waals surface area contributed by atoms with E-state index in [1.165, 1.54) is 16.9 Å². The van der Waals surface area contributed by atoms with Gasteiger partial charge in [0.2, 0.25) is 0 Å². The largest absolute Gasteiger partial charge is 0.397 e. The van der Waals surface area contributed by atoms with E-state index in [-0.39, 0.29) is 11.9 Å². The second-order valence-corrected chi connectivity index (χ2v) is 6.01. The number of carbonyl (C=O) groups is 1. The molecule has 0 fully saturated rings. The summed E-state index contributed by atoms with van der Waals surface area (Å²) in [6.07, 6.45) is 6.02. The average Bonchev–Trinajstić information content (AvgIpc) is 2.97. The zero-order chi connectivity index (χ0) is 13.4. The highest BCUT2D eigenvalue weighted by Gasteiger charge is 2.19. The van der Waals surface area contributed by atoms with Gasteiger partial charge in [-0.05, 0) is 31.4 Å². The molecule has 0 bridgehead atoms. The average molecular weight is 272 g/mol. The quantitative estimate of drug-likeness (QED) is 0.825. The number of carbonyl (C=O) groups excluding carboxylic acids is 1. The highest BCUT2D eigenvalue weighted by atomic mass is 32.1. The maximum Gasteiger partial charge on any atom is 0.263 e. The standard InChI is InChI=1S/C15H16N2OS/c1-9-6-7-11-12(8-9)19-14(13(11)16)15(18)17-10-4-2-3-5-10/h2-3,6-8,10H,4-5,16H2,1H3,(H,17,18). The number of hydrogen-bond acceptors (Lipinski definition) is 3. The molecule has 1 aliphatic carbocycles. The summed E-state index contributed by atoms with van der Waals surface area (Å²) in [5.41, 5.74) is 7.88. The Bertz CT molecular complexity index is 664. The van der Waals surface area contributed by atoms with Gasteiger partial charge >= 0.3 is 0 Å². The third-order valence-electron chi connectivity index (χ3n) is 3.43. The van der Waals surface area contributed by atoms with Crippen molar-refractivity contribution in [3.8, 4) is 0 Å². The van der Waals surface area contributed by atoms with Crippen molar-refractivity contribution in [1.29, 1.82) is 0 Å². The third kappa shape index (κ3) is 2.24. The molecular weight excluding hydrogens is 256 g/mol. The fourth-order valence-corrected chi connectivity index (χ4v) is 3.50. The fourth-order valence-electron chi connectivity index (χ4n) is 2.38. The summed E-state index contributed by atoms with van der Waals surface area (Å²) in [4.78, 5) is 12.9. The van der Waals surface area contributed by atoms with Gasteiger partial charge in [-0.2, -0.15) is 0 Å². The summed E-state index contributed by atoms with van der Waals surface area (Å²) < 4.78 is 1.08. The van der Waals surface area contributed by atoms with Crippen molar-refractivity contribution in [3.63, 3.8) is 0 Å². The number of anilines is 1. The smallest absolute Gasteiger partial charge is 0.263 e. The molecule has 0 spiro atoms. The van der Waals surface area contributed by atoms with E-state index in [0.29, 0.717) is 10.6 Å². The summed E-state index contributed by atoms with van der Waals surface area (Å²) >= 11 is 1.47. The summed E-state index contributed by atoms with van der Waals surface area (Å²) in [7, 11) is 0. The highest BCUT2D eigenvalue weighted by molar-refractivity contribution is 7.21. The molecule has 1 aromatic heterocycles. The predicted octanol–water partition coefficient (Wildman–Crippen LogP) is 3.24. The molecule has 3 N–H and O–H groups in total. The number of nitrogen functional groups attached to an aromatic ring is 1. The van der Waals surface area contributed by atoms with Crippen LogP contribution in [-0.2, 0) is 0 Å². The van der Waals surface area contributed by atoms with Crippen LogP contribution in [0.4, 0.5) is 5.69 Å². The number of benzene rings is 1. The van der Waals surface area contributed by atoms with Crippen LogP contribution in [0.25, 0.3) is 10.1 Å². The van der Waals surface area contributed by atoms with Crippen molar-refractivity contribution in [2.45, 2.75) is 25.8 Å². The van der Waals surface area contributed by atoms with Crippen molar-refractivity contribution in [1.82, 2.24) is 5.32 Å². The molecule has 1 heterocycles. The van der Waals surface area contributed by atoms with Gasteiger partial charge in [-0.1, -0.05) is 24.3 Å². The SMILES string of the molecule is Cc1ccc2c(N)c(C(=O)NC3CC=CC3)sc2c1. The van der Waals surface area contributed by atoms with E-state index in [1.807, 2.05) is 19.1 Å². The van der Waals surface area contributed by atoms with Gasteiger partial charge in [0.25, 0.3) is 5.91 Å². The van der Waals surface area contributed by atoms with Crippen LogP contribution >= 0.6 is 11.3 Å². The lowest BCUT2D eigenvalue weighted by Gasteiger charge is -2.11. The maximum atomic E-state index is 12.3. The molecule has 0 saturated carbocycles. The number of nitrogens with two attached hydrogens (primary N) is 1. The van der Waals surface area contributed by atoms with E-state index in [1.54, 1.807) is 0 Å². The molecule has 0 unspecified atom stereocenters. The van der Waals surface area contributed by atoms with E-state index in [4.69, 9.17) is 5.73 Å². The Hall–Kier alpha value is -1.81. The first kappa shape index (κ1) is 12.2. The second kappa shape index (κ2) is 4.70. The number of aryl methyl sites for hydroxylation is 1. The first-order valence-electron chi connectivity index (χ1n) is 6.39. The number of amides is 1. The van der Waals surface area contributed by atoms with Gasteiger partial charge in [-0.3, -0.25) is 4.79 Å². The molecule has 2 aromatic rings. The summed E-state index contributed by atoms with van der Waals surface area (Å²) in [6.45, 7) is 2.04. The van der Waals surface area contributed by atoms with Gasteiger partial charge in [0.15, 0.2) is 0 Å². The van der Waals surface area contributed by atoms with E-state index in [2.05, 4.69) is 23.5 Å². The van der Waals surface area contributed by atoms with Gasteiger partial charge in [0.05, 0.1) is 5.69 Å². The minimum Gasteiger partial charge on any atom is -0.397 e. The van der Waals surface area contributed by atoms with E-state index in [9.17, 15) is 4.79 Å². The van der Waals surface area contributed by atoms with Gasteiger partial charge in [0.1, 0.15) is 4.88 Å². The summed E-state index contributed by atoms with van der Waals surface area (Å²) in [6, 6.07) is 6.31. The lowest BCUT2D eigenvalue weighted by molar-refractivity contribution is 0.0944. The molecule has 98 valence electrons. The maximum absolute atomic E-state index is 12.3. The molecule has 0 radical (unpaired) electrons. The number of thiophene rings is 1. The van der Waals surface area contributed by atoms with Gasteiger partial charge in [-0.15, -0.1) is 11.3 Å². The highest BCUT2D eigenvalue weighted by Crippen LogP contribution is 2.34. The Morgan fingerprint density at radius 3 is 2.84 bits per heavy atom. The Morgan fingerprint density at radius 2 is 2.11 bits per heavy atom. The molecular formula is C15H16N2OS. The van der Waals surface area contributed by atoms with Gasteiger partial charge < -0.3 is 11.1 Å². The van der Waals surface area contributed by atoms with Crippen molar-refractivity contribution in [3.05, 3.63) is 40.8 Å². The molecule has 0 atom stereocenters. The predicted molar refractivity (Wildman–Crippen MR) is 80.6 cm³/mol. The first-order valence-corrected chi connectivity index (χ1v) is 7.21. The minimum absolute atomic E-state index is 0.0509. The molecule has 1 aliphatic rings. The summed E-state index contributed by atoms with van der Waals surface area (Å²) in [5, 5.41) is 4.02. The van der Waals surface area contributed by atoms with Crippen molar-refractivity contribution in [2.24, 2.45) is 0 Å². The molecule has 19 heavy (non-hydrogen) atoms. The Kier molecular flexibility index (Phi) is 3.03. The second-order valence-electron chi connectivity index (χ2n) is 4.96. The molecule has 1 aromatic carbocycles. The number of fused-ring (bicyclic) bond motifs is 1. The lowest BCUT2D eigenvalue weighted by atomic mass is 10.1. The van der Waals surface area contributed by atoms with E-state index >= 15 is 0 Å². The van der Waals surface area contributed by atoms with Gasteiger partial charge in [-0.25, -0.2) is 0 Å². The fraction of sp³-hybridized carbons (Fsp3) is 0.267. The van der Waals surface area contributed by atoms with Crippen LogP contribution < -0.4 is 11.1 Å². The monoisotopic (exact) mass is 272 g/mol. The third-order valence-corrected chi connectivity index (χ3v) is 4.60. The number of rotatable bonds is 2. The van der Waals surface area contributed by atoms with Crippen LogP contribution in [0.2, 0.25) is 0 Å². The van der Waals surface area contributed by atoms with Crippen LogP contribution in [0.3, 0.4) is 0 Å². The van der Waals surface area contributed by atoms with Crippen molar-refractivity contribution in [2.75, 3.05) is 5.73 Å². The molecule has 3 rings (SSSR count). The Morgan fingerprint density at radius 1 is 1.37 bits per heavy atom. The molecule has 3 nitrogen and oxygen atoms in total. The molecule has 4 heteroatoms. The molecule has 0 saturated heterocycles.